The van der Waals surface area contributed by atoms with Gasteiger partial charge in [-0.3, -0.25) is 4.79 Å². The molecule has 9 heteroatoms. The van der Waals surface area contributed by atoms with Crippen molar-refractivity contribution in [2.45, 2.75) is 18.2 Å². The zero-order valence-corrected chi connectivity index (χ0v) is 13.4. The summed E-state index contributed by atoms with van der Waals surface area (Å²) in [5.41, 5.74) is 0.0653. The van der Waals surface area contributed by atoms with Crippen LogP contribution in [0, 0.1) is 11.7 Å². The van der Waals surface area contributed by atoms with Crippen LogP contribution in [0.15, 0.2) is 23.1 Å². The van der Waals surface area contributed by atoms with Crippen LogP contribution < -0.4 is 5.32 Å². The molecule has 0 spiro atoms. The summed E-state index contributed by atoms with van der Waals surface area (Å²) in [6, 6.07) is 2.79. The maximum absolute atomic E-state index is 13.3. The Morgan fingerprint density at radius 2 is 2.04 bits per heavy atom. The SMILES string of the molecule is CC(CN(C)C(=O)Nc1cc(F)ccc1SCC(F)F)C(=O)O. The van der Waals surface area contributed by atoms with Crippen molar-refractivity contribution in [2.75, 3.05) is 24.7 Å². The highest BCUT2D eigenvalue weighted by Gasteiger charge is 2.18. The number of carbonyl (C=O) groups excluding carboxylic acids is 1. The molecule has 0 aliphatic rings. The summed E-state index contributed by atoms with van der Waals surface area (Å²) in [6.45, 7) is 1.40. The second kappa shape index (κ2) is 8.66. The number of amides is 2. The van der Waals surface area contributed by atoms with Gasteiger partial charge in [0, 0.05) is 18.5 Å². The zero-order valence-electron chi connectivity index (χ0n) is 12.6. The molecule has 2 amide bonds. The Balaban J connectivity index is 2.79. The lowest BCUT2D eigenvalue weighted by atomic mass is 10.2. The van der Waals surface area contributed by atoms with Crippen LogP contribution in [0.1, 0.15) is 6.92 Å². The number of hydrogen-bond acceptors (Lipinski definition) is 3. The lowest BCUT2D eigenvalue weighted by molar-refractivity contribution is -0.141. The fraction of sp³-hybridized carbons (Fsp3) is 0.429. The number of urea groups is 1. The first-order chi connectivity index (χ1) is 10.7. The molecule has 0 saturated heterocycles. The van der Waals surface area contributed by atoms with Gasteiger partial charge in [0.25, 0.3) is 0 Å². The van der Waals surface area contributed by atoms with Crippen LogP contribution in [-0.2, 0) is 4.79 Å². The summed E-state index contributed by atoms with van der Waals surface area (Å²) in [4.78, 5) is 24.2. The zero-order chi connectivity index (χ0) is 17.6. The summed E-state index contributed by atoms with van der Waals surface area (Å²) in [5, 5.41) is 11.2. The predicted molar refractivity (Wildman–Crippen MR) is 81.6 cm³/mol. The number of carbonyl (C=O) groups is 2. The Morgan fingerprint density at radius 1 is 1.39 bits per heavy atom. The Labute approximate surface area is 135 Å². The van der Waals surface area contributed by atoms with Gasteiger partial charge >= 0.3 is 12.0 Å². The standard InChI is InChI=1S/C14H17F3N2O3S/c1-8(13(20)21)6-19(2)14(22)18-10-5-9(15)3-4-11(10)23-7-12(16)17/h3-5,8,12H,6-7H2,1-2H3,(H,18,22)(H,20,21). The molecule has 1 aromatic rings. The topological polar surface area (TPSA) is 69.6 Å². The minimum absolute atomic E-state index is 0.0456. The molecule has 0 saturated carbocycles. The molecule has 1 rings (SSSR count). The van der Waals surface area contributed by atoms with Crippen LogP contribution in [-0.4, -0.2) is 47.8 Å². The third kappa shape index (κ3) is 6.39. The number of halogens is 3. The molecule has 0 bridgehead atoms. The number of carboxylic acids is 1. The normalized spacial score (nSPS) is 12.1. The summed E-state index contributed by atoms with van der Waals surface area (Å²) in [6.07, 6.45) is -2.53. The molecule has 0 aliphatic carbocycles. The Kier molecular flexibility index (Phi) is 7.21. The average Bonchev–Trinajstić information content (AvgIpc) is 2.45. The quantitative estimate of drug-likeness (QED) is 0.740. The first-order valence-electron chi connectivity index (χ1n) is 6.66. The van der Waals surface area contributed by atoms with E-state index in [-0.39, 0.29) is 12.2 Å². The number of alkyl halides is 2. The van der Waals surface area contributed by atoms with E-state index in [1.165, 1.54) is 20.0 Å². The molecule has 1 aromatic carbocycles. The van der Waals surface area contributed by atoms with Gasteiger partial charge < -0.3 is 15.3 Å². The van der Waals surface area contributed by atoms with E-state index >= 15 is 0 Å². The van der Waals surface area contributed by atoms with Crippen molar-refractivity contribution < 1.29 is 27.9 Å². The average molecular weight is 350 g/mol. The number of hydrogen-bond donors (Lipinski definition) is 2. The van der Waals surface area contributed by atoms with Crippen LogP contribution in [0.5, 0.6) is 0 Å². The van der Waals surface area contributed by atoms with Gasteiger partial charge in [0.2, 0.25) is 6.43 Å². The number of benzene rings is 1. The summed E-state index contributed by atoms with van der Waals surface area (Å²) in [5.74, 6) is -2.93. The van der Waals surface area contributed by atoms with Gasteiger partial charge in [0.15, 0.2) is 0 Å². The molecule has 1 unspecified atom stereocenters. The second-order valence-electron chi connectivity index (χ2n) is 4.89. The summed E-state index contributed by atoms with van der Waals surface area (Å²) in [7, 11) is 1.39. The van der Waals surface area contributed by atoms with Crippen molar-refractivity contribution >= 4 is 29.4 Å². The van der Waals surface area contributed by atoms with Crippen LogP contribution in [0.2, 0.25) is 0 Å². The number of rotatable bonds is 7. The maximum Gasteiger partial charge on any atom is 0.321 e. The summed E-state index contributed by atoms with van der Waals surface area (Å²) < 4.78 is 37.9. The minimum Gasteiger partial charge on any atom is -0.481 e. The van der Waals surface area contributed by atoms with E-state index in [1.54, 1.807) is 0 Å². The maximum atomic E-state index is 13.3. The molecule has 23 heavy (non-hydrogen) atoms. The van der Waals surface area contributed by atoms with Crippen LogP contribution in [0.4, 0.5) is 23.7 Å². The third-order valence-corrected chi connectivity index (χ3v) is 3.95. The molecular formula is C14H17F3N2O3S. The van der Waals surface area contributed by atoms with E-state index < -0.39 is 35.9 Å². The number of thioether (sulfide) groups is 1. The first-order valence-corrected chi connectivity index (χ1v) is 7.64. The highest BCUT2D eigenvalue weighted by molar-refractivity contribution is 7.99. The van der Waals surface area contributed by atoms with Crippen LogP contribution >= 0.6 is 11.8 Å². The van der Waals surface area contributed by atoms with Gasteiger partial charge in [0.1, 0.15) is 5.82 Å². The molecule has 0 aliphatic heterocycles. The Bertz CT molecular complexity index is 572. The predicted octanol–water partition coefficient (Wildman–Crippen LogP) is 3.37. The molecule has 0 radical (unpaired) electrons. The lowest BCUT2D eigenvalue weighted by Crippen LogP contribution is -2.36. The van der Waals surface area contributed by atoms with E-state index in [1.807, 2.05) is 0 Å². The Hall–Kier alpha value is -1.90. The van der Waals surface area contributed by atoms with E-state index in [9.17, 15) is 22.8 Å². The Morgan fingerprint density at radius 3 is 2.61 bits per heavy atom. The van der Waals surface area contributed by atoms with E-state index in [2.05, 4.69) is 5.32 Å². The van der Waals surface area contributed by atoms with E-state index in [0.717, 1.165) is 28.8 Å². The number of anilines is 1. The smallest absolute Gasteiger partial charge is 0.321 e. The van der Waals surface area contributed by atoms with E-state index in [4.69, 9.17) is 5.11 Å². The number of nitrogens with one attached hydrogen (secondary N) is 1. The monoisotopic (exact) mass is 350 g/mol. The molecule has 0 aromatic heterocycles. The van der Waals surface area contributed by atoms with Crippen molar-refractivity contribution in [1.29, 1.82) is 0 Å². The van der Waals surface area contributed by atoms with Crippen molar-refractivity contribution in [2.24, 2.45) is 5.92 Å². The fourth-order valence-electron chi connectivity index (χ4n) is 1.66. The molecule has 128 valence electrons. The molecule has 5 nitrogen and oxygen atoms in total. The van der Waals surface area contributed by atoms with Gasteiger partial charge in [-0.2, -0.15) is 0 Å². The van der Waals surface area contributed by atoms with Gasteiger partial charge in [0.05, 0.1) is 17.4 Å². The highest BCUT2D eigenvalue weighted by Crippen LogP contribution is 2.29. The molecule has 0 fully saturated rings. The molecule has 0 heterocycles. The number of aliphatic carboxylic acids is 1. The fourth-order valence-corrected chi connectivity index (χ4v) is 2.40. The van der Waals surface area contributed by atoms with E-state index in [0.29, 0.717) is 4.90 Å². The van der Waals surface area contributed by atoms with Gasteiger partial charge in [-0.25, -0.2) is 18.0 Å². The van der Waals surface area contributed by atoms with Crippen LogP contribution in [0.25, 0.3) is 0 Å². The first kappa shape index (κ1) is 19.1. The lowest BCUT2D eigenvalue weighted by Gasteiger charge is -2.21. The van der Waals surface area contributed by atoms with Crippen LogP contribution in [0.3, 0.4) is 0 Å². The van der Waals surface area contributed by atoms with Crippen molar-refractivity contribution in [3.8, 4) is 0 Å². The molecular weight excluding hydrogens is 333 g/mol. The molecule has 2 N–H and O–H groups in total. The molecule has 1 atom stereocenters. The number of carboxylic acid groups (broad SMARTS) is 1. The van der Waals surface area contributed by atoms with Gasteiger partial charge in [-0.15, -0.1) is 11.8 Å². The highest BCUT2D eigenvalue weighted by atomic mass is 32.2. The largest absolute Gasteiger partial charge is 0.481 e. The van der Waals surface area contributed by atoms with Crippen molar-refractivity contribution in [3.63, 3.8) is 0 Å². The van der Waals surface area contributed by atoms with Gasteiger partial charge in [-0.1, -0.05) is 6.92 Å². The second-order valence-corrected chi connectivity index (χ2v) is 5.95. The third-order valence-electron chi connectivity index (χ3n) is 2.86. The van der Waals surface area contributed by atoms with Crippen molar-refractivity contribution in [1.82, 2.24) is 4.90 Å². The van der Waals surface area contributed by atoms with Crippen molar-refractivity contribution in [3.05, 3.63) is 24.0 Å². The number of nitrogens with zero attached hydrogens (tertiary/aromatic N) is 1. The van der Waals surface area contributed by atoms with Gasteiger partial charge in [-0.05, 0) is 18.2 Å². The minimum atomic E-state index is -2.53. The summed E-state index contributed by atoms with van der Waals surface area (Å²) >= 11 is 0.792.